The summed E-state index contributed by atoms with van der Waals surface area (Å²) in [5, 5.41) is 0. The molecule has 0 aliphatic heterocycles. The first-order chi connectivity index (χ1) is 0. The molecule has 5 heteroatoms. The Bertz CT molecular complexity index is 6.85. The molecule has 41 valence electrons. The Hall–Kier alpha value is 0.374. The van der Waals surface area contributed by atoms with Crippen LogP contribution in [0, 0.1) is 0 Å². The molecule has 0 N–H and O–H groups in total. The van der Waals surface area contributed by atoms with Gasteiger partial charge in [-0.2, -0.15) is 0 Å². The Morgan fingerprint density at radius 3 is 0.600 bits per heavy atom. The van der Waals surface area contributed by atoms with Gasteiger partial charge in [0, 0.05) is 17.1 Å². The summed E-state index contributed by atoms with van der Waals surface area (Å²) in [7, 11) is 0. The third kappa shape index (κ3) is 176. The second kappa shape index (κ2) is 355. The van der Waals surface area contributed by atoms with E-state index < -0.39 is 0 Å². The molecule has 0 aliphatic rings. The summed E-state index contributed by atoms with van der Waals surface area (Å²) in [5.41, 5.74) is 0. The van der Waals surface area contributed by atoms with Gasteiger partial charge in [0.15, 0.2) is 0 Å². The van der Waals surface area contributed by atoms with Crippen molar-refractivity contribution in [3.8, 4) is 0 Å². The van der Waals surface area contributed by atoms with Gasteiger partial charge in [-0.05, 0) is 0 Å². The van der Waals surface area contributed by atoms with Gasteiger partial charge >= 0.3 is 0 Å². The van der Waals surface area contributed by atoms with Crippen LogP contribution in [-0.4, -0.2) is 8.41 Å². The molecule has 5 heavy (non-hydrogen) atoms. The number of rotatable bonds is 0. The van der Waals surface area contributed by atoms with Crippen LogP contribution in [0.2, 0.25) is 0 Å². The molecule has 0 aromatic carbocycles. The van der Waals surface area contributed by atoms with E-state index in [9.17, 15) is 0 Å². The van der Waals surface area contributed by atoms with Gasteiger partial charge in [0.2, 0.25) is 0 Å². The molecule has 0 saturated heterocycles. The van der Waals surface area contributed by atoms with Gasteiger partial charge in [-0.25, -0.2) is 0 Å². The zero-order chi connectivity index (χ0) is 0. The van der Waals surface area contributed by atoms with Gasteiger partial charge in [0.05, 0.1) is 8.41 Å². The number of halogens is 3. The van der Waals surface area contributed by atoms with Crippen molar-refractivity contribution in [2.45, 2.75) is 0 Å². The average molecular weight is 137 g/mol. The quantitative estimate of drug-likeness (QED) is 0.386. The van der Waals surface area contributed by atoms with Crippen LogP contribution in [-0.2, 0) is 17.1 Å². The SMILES string of the molecule is B.F.F.F.[Cu]. The summed E-state index contributed by atoms with van der Waals surface area (Å²) in [5.74, 6) is 0. The predicted molar refractivity (Wildman–Crippen MR) is 17.4 cm³/mol. The van der Waals surface area contributed by atoms with Crippen LogP contribution in [0.1, 0.15) is 0 Å². The molecule has 0 aromatic heterocycles. The topological polar surface area (TPSA) is 0 Å². The van der Waals surface area contributed by atoms with E-state index in [2.05, 4.69) is 0 Å². The van der Waals surface area contributed by atoms with Crippen molar-refractivity contribution in [2.24, 2.45) is 0 Å². The van der Waals surface area contributed by atoms with Crippen molar-refractivity contribution < 1.29 is 31.2 Å². The van der Waals surface area contributed by atoms with Gasteiger partial charge in [-0.3, -0.25) is 14.1 Å². The zero-order valence-corrected chi connectivity index (χ0v) is 2.47. The smallest absolute Gasteiger partial charge is 0.0814 e. The molecule has 1 radical (unpaired) electrons. The van der Waals surface area contributed by atoms with E-state index >= 15 is 0 Å². The Morgan fingerprint density at radius 1 is 0.600 bits per heavy atom. The van der Waals surface area contributed by atoms with Gasteiger partial charge < -0.3 is 0 Å². The molecule has 0 amide bonds. The van der Waals surface area contributed by atoms with Crippen molar-refractivity contribution in [1.29, 1.82) is 0 Å². The third-order valence-electron chi connectivity index (χ3n) is 0. The van der Waals surface area contributed by atoms with E-state index in [-0.39, 0.29) is 39.6 Å². The van der Waals surface area contributed by atoms with Crippen LogP contribution in [0.4, 0.5) is 14.1 Å². The molecule has 0 aliphatic carbocycles. The molecule has 0 unspecified atom stereocenters. The maximum atomic E-state index is 0. The van der Waals surface area contributed by atoms with E-state index in [1.54, 1.807) is 0 Å². The minimum atomic E-state index is 0. The standard InChI is InChI=1S/BH3.Cu.3FH/h1H3;;3*1H. The molecule has 0 saturated carbocycles. The summed E-state index contributed by atoms with van der Waals surface area (Å²) in [6.45, 7) is 0. The van der Waals surface area contributed by atoms with Crippen molar-refractivity contribution in [3.05, 3.63) is 0 Å². The Balaban J connectivity index is 0. The summed E-state index contributed by atoms with van der Waals surface area (Å²) in [6, 6.07) is 0. The third-order valence-corrected chi connectivity index (χ3v) is 0. The molecule has 0 nitrogen and oxygen atoms in total. The molecular formula is H6BCuF3. The maximum absolute atomic E-state index is 0. The van der Waals surface area contributed by atoms with E-state index in [1.165, 1.54) is 0 Å². The van der Waals surface area contributed by atoms with E-state index in [0.29, 0.717) is 0 Å². The molecule has 0 bridgehead atoms. The van der Waals surface area contributed by atoms with Crippen molar-refractivity contribution in [3.63, 3.8) is 0 Å². The Kier molecular flexibility index (Phi) is 52100. The maximum Gasteiger partial charge on any atom is 0.0814 e. The van der Waals surface area contributed by atoms with Crippen LogP contribution in [0.15, 0.2) is 0 Å². The first-order valence-electron chi connectivity index (χ1n) is 0. The molecule has 0 atom stereocenters. The second-order valence-electron chi connectivity index (χ2n) is 0. The first-order valence-corrected chi connectivity index (χ1v) is 0. The fraction of sp³-hybridized carbons (Fsp3) is 0. The largest absolute Gasteiger partial charge is 0.269 e. The van der Waals surface area contributed by atoms with E-state index in [1.807, 2.05) is 0 Å². The molecule has 0 spiro atoms. The second-order valence-corrected chi connectivity index (χ2v) is 0. The summed E-state index contributed by atoms with van der Waals surface area (Å²) >= 11 is 0. The van der Waals surface area contributed by atoms with Crippen molar-refractivity contribution >= 4 is 8.41 Å². The van der Waals surface area contributed by atoms with Gasteiger partial charge in [0.1, 0.15) is 0 Å². The zero-order valence-electron chi connectivity index (χ0n) is 1.53. The van der Waals surface area contributed by atoms with Crippen LogP contribution < -0.4 is 0 Å². The monoisotopic (exact) mass is 137 g/mol. The van der Waals surface area contributed by atoms with Crippen LogP contribution >= 0.6 is 0 Å². The van der Waals surface area contributed by atoms with E-state index in [4.69, 9.17) is 0 Å². The summed E-state index contributed by atoms with van der Waals surface area (Å²) < 4.78 is 0. The fourth-order valence-electron chi connectivity index (χ4n) is 0. The first kappa shape index (κ1) is 734. The predicted octanol–water partition coefficient (Wildman–Crippen LogP) is -0.729. The normalized spacial score (nSPS) is 0. The van der Waals surface area contributed by atoms with Crippen LogP contribution in [0.25, 0.3) is 0 Å². The molecule has 0 aromatic rings. The Labute approximate surface area is 40.5 Å². The minimum Gasteiger partial charge on any atom is -0.269 e. The molecule has 0 rings (SSSR count). The van der Waals surface area contributed by atoms with E-state index in [0.717, 1.165) is 0 Å². The number of hydrogen-bond acceptors (Lipinski definition) is 0. The molecule has 0 fully saturated rings. The molecule has 0 heterocycles. The van der Waals surface area contributed by atoms with Crippen LogP contribution in [0.3, 0.4) is 0 Å². The number of hydrogen-bond donors (Lipinski definition) is 0. The van der Waals surface area contributed by atoms with Gasteiger partial charge in [-0.1, -0.05) is 0 Å². The fourth-order valence-corrected chi connectivity index (χ4v) is 0. The average Bonchev–Trinajstić information content (AvgIpc) is 0. The Morgan fingerprint density at radius 2 is 0.600 bits per heavy atom. The summed E-state index contributed by atoms with van der Waals surface area (Å²) in [4.78, 5) is 0. The summed E-state index contributed by atoms with van der Waals surface area (Å²) in [6.07, 6.45) is 0. The van der Waals surface area contributed by atoms with Gasteiger partial charge in [0.25, 0.3) is 0 Å². The van der Waals surface area contributed by atoms with Crippen molar-refractivity contribution in [1.82, 2.24) is 0 Å². The van der Waals surface area contributed by atoms with Crippen molar-refractivity contribution in [2.75, 3.05) is 0 Å². The van der Waals surface area contributed by atoms with Crippen LogP contribution in [0.5, 0.6) is 0 Å². The minimum absolute atomic E-state index is 0. The van der Waals surface area contributed by atoms with Gasteiger partial charge in [-0.15, -0.1) is 0 Å². The molecular weight excluding hydrogens is 131 g/mol.